The lowest BCUT2D eigenvalue weighted by atomic mass is 9.76. The Labute approximate surface area is 120 Å². The van der Waals surface area contributed by atoms with E-state index in [9.17, 15) is 0 Å². The average molecular weight is 267 g/mol. The highest BCUT2D eigenvalue weighted by Crippen LogP contribution is 2.40. The lowest BCUT2D eigenvalue weighted by Gasteiger charge is -2.30. The zero-order valence-electron chi connectivity index (χ0n) is 11.8. The van der Waals surface area contributed by atoms with Crippen LogP contribution < -0.4 is 11.3 Å². The Morgan fingerprint density at radius 3 is 2.65 bits per heavy atom. The van der Waals surface area contributed by atoms with Crippen LogP contribution in [-0.4, -0.2) is 4.98 Å². The van der Waals surface area contributed by atoms with E-state index in [4.69, 9.17) is 5.84 Å². The molecule has 0 radical (unpaired) electrons. The van der Waals surface area contributed by atoms with Crippen molar-refractivity contribution < 1.29 is 0 Å². The summed E-state index contributed by atoms with van der Waals surface area (Å²) in [6, 6.07) is 10.7. The van der Waals surface area contributed by atoms with Crippen molar-refractivity contribution in [3.8, 4) is 0 Å². The number of benzene rings is 1. The van der Waals surface area contributed by atoms with E-state index in [2.05, 4.69) is 41.6 Å². The third kappa shape index (κ3) is 2.35. The molecule has 3 heteroatoms. The molecule has 1 saturated carbocycles. The van der Waals surface area contributed by atoms with E-state index < -0.39 is 0 Å². The summed E-state index contributed by atoms with van der Waals surface area (Å²) in [5.41, 5.74) is 8.07. The summed E-state index contributed by atoms with van der Waals surface area (Å²) in [5, 5.41) is 0. The SMILES string of the molecule is Cc1ccncc1C(NN)c1ccccc1C1CCC1. The Morgan fingerprint density at radius 2 is 2.00 bits per heavy atom. The van der Waals surface area contributed by atoms with Gasteiger partial charge in [-0.2, -0.15) is 0 Å². The number of nitrogens with one attached hydrogen (secondary N) is 1. The zero-order valence-corrected chi connectivity index (χ0v) is 11.8. The Balaban J connectivity index is 2.03. The summed E-state index contributed by atoms with van der Waals surface area (Å²) in [4.78, 5) is 4.25. The minimum absolute atomic E-state index is 0.0144. The molecule has 20 heavy (non-hydrogen) atoms. The first kappa shape index (κ1) is 13.3. The molecule has 0 amide bonds. The lowest BCUT2D eigenvalue weighted by molar-refractivity contribution is 0.414. The van der Waals surface area contributed by atoms with Crippen LogP contribution >= 0.6 is 0 Å². The summed E-state index contributed by atoms with van der Waals surface area (Å²) >= 11 is 0. The maximum Gasteiger partial charge on any atom is 0.0730 e. The number of rotatable bonds is 4. The van der Waals surface area contributed by atoms with Gasteiger partial charge in [0.2, 0.25) is 0 Å². The van der Waals surface area contributed by atoms with E-state index in [1.165, 1.54) is 36.0 Å². The summed E-state index contributed by atoms with van der Waals surface area (Å²) in [5.74, 6) is 6.55. The van der Waals surface area contributed by atoms with E-state index in [1.807, 2.05) is 18.5 Å². The first-order valence-electron chi connectivity index (χ1n) is 7.26. The zero-order chi connectivity index (χ0) is 13.9. The van der Waals surface area contributed by atoms with Gasteiger partial charge < -0.3 is 0 Å². The molecule has 1 aliphatic carbocycles. The van der Waals surface area contributed by atoms with Crippen molar-refractivity contribution in [1.82, 2.24) is 10.4 Å². The van der Waals surface area contributed by atoms with Crippen molar-refractivity contribution in [2.75, 3.05) is 0 Å². The summed E-state index contributed by atoms with van der Waals surface area (Å²) in [6.07, 6.45) is 7.66. The van der Waals surface area contributed by atoms with Crippen LogP contribution in [0.15, 0.2) is 42.7 Å². The molecule has 104 valence electrons. The second kappa shape index (κ2) is 5.73. The van der Waals surface area contributed by atoms with Crippen LogP contribution in [0.2, 0.25) is 0 Å². The number of nitrogens with two attached hydrogens (primary N) is 1. The summed E-state index contributed by atoms with van der Waals surface area (Å²) < 4.78 is 0. The number of aromatic nitrogens is 1. The van der Waals surface area contributed by atoms with Gasteiger partial charge in [0.1, 0.15) is 0 Å². The Hall–Kier alpha value is -1.71. The van der Waals surface area contributed by atoms with Gasteiger partial charge in [-0.15, -0.1) is 0 Å². The van der Waals surface area contributed by atoms with Gasteiger partial charge in [-0.25, -0.2) is 5.43 Å². The Bertz CT molecular complexity index is 590. The third-order valence-electron chi connectivity index (χ3n) is 4.41. The third-order valence-corrected chi connectivity index (χ3v) is 4.41. The molecule has 0 spiro atoms. The maximum absolute atomic E-state index is 5.86. The van der Waals surface area contributed by atoms with Gasteiger partial charge in [-0.1, -0.05) is 30.7 Å². The first-order valence-corrected chi connectivity index (χ1v) is 7.26. The quantitative estimate of drug-likeness (QED) is 0.660. The fourth-order valence-corrected chi connectivity index (χ4v) is 2.99. The van der Waals surface area contributed by atoms with Crippen molar-refractivity contribution >= 4 is 0 Å². The number of hydrogen-bond donors (Lipinski definition) is 2. The van der Waals surface area contributed by atoms with Crippen LogP contribution in [0.3, 0.4) is 0 Å². The van der Waals surface area contributed by atoms with Crippen molar-refractivity contribution in [2.24, 2.45) is 5.84 Å². The molecule has 1 aromatic carbocycles. The number of aryl methyl sites for hydroxylation is 1. The minimum Gasteiger partial charge on any atom is -0.271 e. The van der Waals surface area contributed by atoms with Crippen LogP contribution in [0, 0.1) is 6.92 Å². The highest BCUT2D eigenvalue weighted by Gasteiger charge is 2.25. The monoisotopic (exact) mass is 267 g/mol. The van der Waals surface area contributed by atoms with Gasteiger partial charge in [0.05, 0.1) is 6.04 Å². The molecular formula is C17H21N3. The van der Waals surface area contributed by atoms with Crippen LogP contribution in [0.25, 0.3) is 0 Å². The lowest BCUT2D eigenvalue weighted by Crippen LogP contribution is -2.31. The van der Waals surface area contributed by atoms with Gasteiger partial charge >= 0.3 is 0 Å². The predicted octanol–water partition coefficient (Wildman–Crippen LogP) is 3.21. The van der Waals surface area contributed by atoms with Crippen molar-refractivity contribution in [1.29, 1.82) is 0 Å². The summed E-state index contributed by atoms with van der Waals surface area (Å²) in [6.45, 7) is 2.10. The fourth-order valence-electron chi connectivity index (χ4n) is 2.99. The molecule has 1 heterocycles. The van der Waals surface area contributed by atoms with Gasteiger partial charge in [-0.05, 0) is 54.0 Å². The Morgan fingerprint density at radius 1 is 1.20 bits per heavy atom. The molecule has 1 aliphatic rings. The molecule has 3 rings (SSSR count). The van der Waals surface area contributed by atoms with Gasteiger partial charge in [-0.3, -0.25) is 10.8 Å². The van der Waals surface area contributed by atoms with Crippen molar-refractivity contribution in [3.05, 3.63) is 65.0 Å². The maximum atomic E-state index is 5.86. The van der Waals surface area contributed by atoms with E-state index in [0.29, 0.717) is 5.92 Å². The number of hydrogen-bond acceptors (Lipinski definition) is 3. The molecule has 1 fully saturated rings. The second-order valence-corrected chi connectivity index (χ2v) is 5.59. The molecule has 1 atom stereocenters. The van der Waals surface area contributed by atoms with Crippen molar-refractivity contribution in [2.45, 2.75) is 38.1 Å². The molecule has 3 N–H and O–H groups in total. The van der Waals surface area contributed by atoms with E-state index in [0.717, 1.165) is 5.56 Å². The van der Waals surface area contributed by atoms with Crippen LogP contribution in [-0.2, 0) is 0 Å². The molecule has 0 bridgehead atoms. The molecule has 1 unspecified atom stereocenters. The molecule has 0 saturated heterocycles. The standard InChI is InChI=1S/C17H21N3/c1-12-9-10-19-11-16(12)17(20-18)15-8-3-2-7-14(15)13-5-4-6-13/h2-3,7-11,13,17,20H,4-6,18H2,1H3. The van der Waals surface area contributed by atoms with Gasteiger partial charge in [0.15, 0.2) is 0 Å². The van der Waals surface area contributed by atoms with E-state index >= 15 is 0 Å². The van der Waals surface area contributed by atoms with Crippen LogP contribution in [0.1, 0.15) is 53.5 Å². The van der Waals surface area contributed by atoms with E-state index in [1.54, 1.807) is 0 Å². The normalized spacial score (nSPS) is 16.7. The Kier molecular flexibility index (Phi) is 3.81. The van der Waals surface area contributed by atoms with Crippen LogP contribution in [0.5, 0.6) is 0 Å². The molecule has 2 aromatic rings. The highest BCUT2D eigenvalue weighted by molar-refractivity contribution is 5.41. The topological polar surface area (TPSA) is 50.9 Å². The summed E-state index contributed by atoms with van der Waals surface area (Å²) in [7, 11) is 0. The second-order valence-electron chi connectivity index (χ2n) is 5.59. The van der Waals surface area contributed by atoms with E-state index in [-0.39, 0.29) is 6.04 Å². The number of hydrazine groups is 1. The van der Waals surface area contributed by atoms with Crippen LogP contribution in [0.4, 0.5) is 0 Å². The number of pyridine rings is 1. The smallest absolute Gasteiger partial charge is 0.0730 e. The minimum atomic E-state index is 0.0144. The fraction of sp³-hybridized carbons (Fsp3) is 0.353. The average Bonchev–Trinajstić information content (AvgIpc) is 2.41. The number of nitrogens with zero attached hydrogens (tertiary/aromatic N) is 1. The first-order chi connectivity index (χ1) is 9.81. The van der Waals surface area contributed by atoms with Gasteiger partial charge in [0.25, 0.3) is 0 Å². The molecule has 1 aromatic heterocycles. The van der Waals surface area contributed by atoms with Crippen molar-refractivity contribution in [3.63, 3.8) is 0 Å². The largest absolute Gasteiger partial charge is 0.271 e. The molecule has 3 nitrogen and oxygen atoms in total. The molecular weight excluding hydrogens is 246 g/mol. The molecule has 0 aliphatic heterocycles. The van der Waals surface area contributed by atoms with Gasteiger partial charge in [0, 0.05) is 12.4 Å². The predicted molar refractivity (Wildman–Crippen MR) is 81.2 cm³/mol. The highest BCUT2D eigenvalue weighted by atomic mass is 15.2.